The number of nitrogens with zero attached hydrogens (tertiary/aromatic N) is 3. The van der Waals surface area contributed by atoms with Gasteiger partial charge in [0.1, 0.15) is 5.69 Å². The molecular formula is C22H25N3OS. The first kappa shape index (κ1) is 19.1. The van der Waals surface area contributed by atoms with E-state index in [9.17, 15) is 4.79 Å². The summed E-state index contributed by atoms with van der Waals surface area (Å²) in [5.74, 6) is -0.00949. The van der Waals surface area contributed by atoms with Gasteiger partial charge in [-0.3, -0.25) is 4.79 Å². The molecule has 0 atom stereocenters. The smallest absolute Gasteiger partial charge is 0.273 e. The number of aromatic nitrogens is 1. The third-order valence-electron chi connectivity index (χ3n) is 4.46. The number of amides is 1. The van der Waals surface area contributed by atoms with Crippen molar-refractivity contribution >= 4 is 22.9 Å². The molecule has 0 fully saturated rings. The molecule has 0 aliphatic heterocycles. The van der Waals surface area contributed by atoms with Crippen LogP contribution in [0.5, 0.6) is 0 Å². The Morgan fingerprint density at radius 1 is 1.00 bits per heavy atom. The lowest BCUT2D eigenvalue weighted by atomic mass is 10.1. The first-order chi connectivity index (χ1) is 13.1. The lowest BCUT2D eigenvalue weighted by Crippen LogP contribution is -2.30. The summed E-state index contributed by atoms with van der Waals surface area (Å²) < 4.78 is 0. The van der Waals surface area contributed by atoms with Crippen LogP contribution in [-0.4, -0.2) is 36.4 Å². The molecule has 0 spiro atoms. The maximum atomic E-state index is 12.9. The van der Waals surface area contributed by atoms with Gasteiger partial charge in [-0.2, -0.15) is 0 Å². The maximum Gasteiger partial charge on any atom is 0.273 e. The van der Waals surface area contributed by atoms with E-state index in [1.165, 1.54) is 5.56 Å². The van der Waals surface area contributed by atoms with Crippen LogP contribution in [0.4, 0.5) is 5.69 Å². The monoisotopic (exact) mass is 379 g/mol. The highest BCUT2D eigenvalue weighted by molar-refractivity contribution is 7.09. The molecule has 0 unspecified atom stereocenters. The summed E-state index contributed by atoms with van der Waals surface area (Å²) in [4.78, 5) is 21.4. The molecule has 3 rings (SSSR count). The van der Waals surface area contributed by atoms with Crippen LogP contribution in [0.3, 0.4) is 0 Å². The molecule has 0 radical (unpaired) electrons. The highest BCUT2D eigenvalue weighted by atomic mass is 32.1. The molecule has 0 saturated carbocycles. The Kier molecular flexibility index (Phi) is 6.24. The van der Waals surface area contributed by atoms with Crippen LogP contribution in [0.1, 0.15) is 33.5 Å². The Morgan fingerprint density at radius 3 is 2.33 bits per heavy atom. The molecule has 140 valence electrons. The quantitative estimate of drug-likeness (QED) is 0.608. The van der Waals surface area contributed by atoms with Gasteiger partial charge in [0.15, 0.2) is 0 Å². The van der Waals surface area contributed by atoms with Crippen LogP contribution in [-0.2, 0) is 13.0 Å². The average molecular weight is 380 g/mol. The molecule has 1 amide bonds. The van der Waals surface area contributed by atoms with Crippen LogP contribution < -0.4 is 4.90 Å². The van der Waals surface area contributed by atoms with E-state index in [1.54, 1.807) is 11.3 Å². The Labute approximate surface area is 165 Å². The van der Waals surface area contributed by atoms with Gasteiger partial charge in [0.25, 0.3) is 5.91 Å². The van der Waals surface area contributed by atoms with E-state index in [-0.39, 0.29) is 5.91 Å². The van der Waals surface area contributed by atoms with Crippen LogP contribution in [0.2, 0.25) is 0 Å². The Bertz CT molecular complexity index is 872. The molecule has 0 bridgehead atoms. The van der Waals surface area contributed by atoms with E-state index in [1.807, 2.05) is 49.5 Å². The van der Waals surface area contributed by atoms with Gasteiger partial charge in [0, 0.05) is 44.7 Å². The molecular weight excluding hydrogens is 354 g/mol. The topological polar surface area (TPSA) is 36.4 Å². The average Bonchev–Trinajstić information content (AvgIpc) is 3.15. The summed E-state index contributed by atoms with van der Waals surface area (Å²) in [5, 5.41) is 2.84. The van der Waals surface area contributed by atoms with Crippen molar-refractivity contribution in [3.8, 4) is 0 Å². The van der Waals surface area contributed by atoms with E-state index in [4.69, 9.17) is 0 Å². The third-order valence-corrected chi connectivity index (χ3v) is 5.31. The van der Waals surface area contributed by atoms with Gasteiger partial charge in [-0.25, -0.2) is 4.98 Å². The third kappa shape index (κ3) is 4.95. The van der Waals surface area contributed by atoms with E-state index < -0.39 is 0 Å². The number of thiazole rings is 1. The van der Waals surface area contributed by atoms with Crippen molar-refractivity contribution in [3.05, 3.63) is 81.8 Å². The molecule has 0 aliphatic rings. The van der Waals surface area contributed by atoms with Crippen molar-refractivity contribution in [3.63, 3.8) is 0 Å². The fourth-order valence-corrected chi connectivity index (χ4v) is 3.67. The van der Waals surface area contributed by atoms with Gasteiger partial charge < -0.3 is 9.80 Å². The summed E-state index contributed by atoms with van der Waals surface area (Å²) in [6, 6.07) is 18.5. The van der Waals surface area contributed by atoms with Crippen molar-refractivity contribution in [2.75, 3.05) is 25.5 Å². The van der Waals surface area contributed by atoms with Crippen LogP contribution in [0, 0.1) is 0 Å². The maximum absolute atomic E-state index is 12.9. The SMILES string of the molecule is CCN(Cc1ccc(N(C)C)cc1)C(=O)c1csc(Cc2ccccc2)n1. The van der Waals surface area contributed by atoms with Crippen molar-refractivity contribution in [1.82, 2.24) is 9.88 Å². The Morgan fingerprint density at radius 2 is 1.70 bits per heavy atom. The number of carbonyl (C=O) groups is 1. The van der Waals surface area contributed by atoms with Gasteiger partial charge in [0.2, 0.25) is 0 Å². The fourth-order valence-electron chi connectivity index (χ4n) is 2.87. The first-order valence-corrected chi connectivity index (χ1v) is 9.98. The van der Waals surface area contributed by atoms with Crippen LogP contribution in [0.15, 0.2) is 60.0 Å². The molecule has 0 N–H and O–H groups in total. The number of rotatable bonds is 7. The second-order valence-electron chi connectivity index (χ2n) is 6.67. The van der Waals surface area contributed by atoms with Gasteiger partial charge >= 0.3 is 0 Å². The highest BCUT2D eigenvalue weighted by Gasteiger charge is 2.18. The zero-order valence-corrected chi connectivity index (χ0v) is 16.9. The number of hydrogen-bond donors (Lipinski definition) is 0. The second-order valence-corrected chi connectivity index (χ2v) is 7.61. The molecule has 27 heavy (non-hydrogen) atoms. The van der Waals surface area contributed by atoms with Crippen molar-refractivity contribution in [2.45, 2.75) is 19.9 Å². The van der Waals surface area contributed by atoms with Crippen molar-refractivity contribution < 1.29 is 4.79 Å². The predicted molar refractivity (Wildman–Crippen MR) is 113 cm³/mol. The lowest BCUT2D eigenvalue weighted by molar-refractivity contribution is 0.0747. The van der Waals surface area contributed by atoms with Gasteiger partial charge in [0.05, 0.1) is 5.01 Å². The van der Waals surface area contributed by atoms with E-state index in [2.05, 4.69) is 46.3 Å². The van der Waals surface area contributed by atoms with Gasteiger partial charge in [-0.15, -0.1) is 11.3 Å². The molecule has 4 nitrogen and oxygen atoms in total. The molecule has 0 aliphatic carbocycles. The zero-order valence-electron chi connectivity index (χ0n) is 16.1. The first-order valence-electron chi connectivity index (χ1n) is 9.10. The summed E-state index contributed by atoms with van der Waals surface area (Å²) >= 11 is 1.55. The van der Waals surface area contributed by atoms with Gasteiger partial charge in [-0.05, 0) is 30.2 Å². The number of benzene rings is 2. The summed E-state index contributed by atoms with van der Waals surface area (Å²) in [7, 11) is 4.04. The normalized spacial score (nSPS) is 10.6. The number of hydrogen-bond acceptors (Lipinski definition) is 4. The zero-order chi connectivity index (χ0) is 19.2. The highest BCUT2D eigenvalue weighted by Crippen LogP contribution is 2.18. The summed E-state index contributed by atoms with van der Waals surface area (Å²) in [6.07, 6.45) is 0.761. The minimum Gasteiger partial charge on any atom is -0.378 e. The fraction of sp³-hybridized carbons (Fsp3) is 0.273. The Hall–Kier alpha value is -2.66. The minimum absolute atomic E-state index is 0.00949. The van der Waals surface area contributed by atoms with E-state index in [0.717, 1.165) is 22.7 Å². The summed E-state index contributed by atoms with van der Waals surface area (Å²) in [5.41, 5.74) is 4.02. The molecule has 1 heterocycles. The predicted octanol–water partition coefficient (Wildman–Crippen LogP) is 4.46. The molecule has 3 aromatic rings. The summed E-state index contributed by atoms with van der Waals surface area (Å²) in [6.45, 7) is 3.25. The van der Waals surface area contributed by atoms with Crippen LogP contribution in [0.25, 0.3) is 0 Å². The van der Waals surface area contributed by atoms with E-state index >= 15 is 0 Å². The van der Waals surface area contributed by atoms with E-state index in [0.29, 0.717) is 18.8 Å². The largest absolute Gasteiger partial charge is 0.378 e. The molecule has 2 aromatic carbocycles. The second kappa shape index (κ2) is 8.82. The van der Waals surface area contributed by atoms with Crippen molar-refractivity contribution in [1.29, 1.82) is 0 Å². The Balaban J connectivity index is 1.67. The van der Waals surface area contributed by atoms with Gasteiger partial charge in [-0.1, -0.05) is 42.5 Å². The van der Waals surface area contributed by atoms with Crippen LogP contribution >= 0.6 is 11.3 Å². The minimum atomic E-state index is -0.00949. The standard InChI is InChI=1S/C22H25N3OS/c1-4-25(15-18-10-12-19(13-11-18)24(2)3)22(26)20-16-27-21(23-20)14-17-8-6-5-7-9-17/h5-13,16H,4,14-15H2,1-3H3. The van der Waals surface area contributed by atoms with Crippen molar-refractivity contribution in [2.24, 2.45) is 0 Å². The number of anilines is 1. The molecule has 5 heteroatoms. The molecule has 1 aromatic heterocycles. The molecule has 0 saturated heterocycles. The lowest BCUT2D eigenvalue weighted by Gasteiger charge is -2.20. The number of carbonyl (C=O) groups excluding carboxylic acids is 1.